The Labute approximate surface area is 179 Å². The van der Waals surface area contributed by atoms with E-state index in [0.717, 1.165) is 42.6 Å². The van der Waals surface area contributed by atoms with Crippen molar-refractivity contribution in [2.24, 2.45) is 5.92 Å². The lowest BCUT2D eigenvalue weighted by atomic mass is 9.97. The molecule has 0 bridgehead atoms. The normalized spacial score (nSPS) is 17.6. The predicted octanol–water partition coefficient (Wildman–Crippen LogP) is 2.80. The first-order valence-electron chi connectivity index (χ1n) is 10.0. The summed E-state index contributed by atoms with van der Waals surface area (Å²) >= 11 is 0. The Morgan fingerprint density at radius 2 is 2.06 bits per heavy atom. The van der Waals surface area contributed by atoms with Gasteiger partial charge in [-0.1, -0.05) is 0 Å². The SMILES string of the molecule is Cc1ncc(-c2cnc3ccc(C(F)F)nn23)cc1N1CCCC(CNS(C)(=O)=O)C1. The summed E-state index contributed by atoms with van der Waals surface area (Å²) in [4.78, 5) is 11.0. The number of alkyl halides is 2. The highest BCUT2D eigenvalue weighted by atomic mass is 32.2. The second-order valence-electron chi connectivity index (χ2n) is 7.88. The Morgan fingerprint density at radius 3 is 2.81 bits per heavy atom. The lowest BCUT2D eigenvalue weighted by Crippen LogP contribution is -2.41. The third-order valence-corrected chi connectivity index (χ3v) is 6.15. The van der Waals surface area contributed by atoms with Crippen molar-refractivity contribution < 1.29 is 17.2 Å². The number of hydrogen-bond donors (Lipinski definition) is 1. The Kier molecular flexibility index (Phi) is 5.89. The minimum absolute atomic E-state index is 0.192. The molecule has 0 amide bonds. The second-order valence-corrected chi connectivity index (χ2v) is 9.71. The largest absolute Gasteiger partial charge is 0.370 e. The third kappa shape index (κ3) is 4.82. The van der Waals surface area contributed by atoms with Crippen LogP contribution in [-0.2, 0) is 10.0 Å². The van der Waals surface area contributed by atoms with E-state index in [9.17, 15) is 17.2 Å². The average molecular weight is 451 g/mol. The van der Waals surface area contributed by atoms with Crippen LogP contribution >= 0.6 is 0 Å². The van der Waals surface area contributed by atoms with Gasteiger partial charge in [-0.3, -0.25) is 4.98 Å². The first-order chi connectivity index (χ1) is 14.7. The van der Waals surface area contributed by atoms with Gasteiger partial charge in [-0.2, -0.15) is 5.10 Å². The molecule has 1 aliphatic rings. The molecule has 1 N–H and O–H groups in total. The van der Waals surface area contributed by atoms with Gasteiger partial charge in [0.2, 0.25) is 10.0 Å². The van der Waals surface area contributed by atoms with Crippen LogP contribution < -0.4 is 9.62 Å². The van der Waals surface area contributed by atoms with Gasteiger partial charge < -0.3 is 4.90 Å². The van der Waals surface area contributed by atoms with E-state index in [0.29, 0.717) is 24.4 Å². The molecule has 11 heteroatoms. The molecule has 1 fully saturated rings. The van der Waals surface area contributed by atoms with E-state index >= 15 is 0 Å². The number of rotatable bonds is 6. The molecule has 1 saturated heterocycles. The van der Waals surface area contributed by atoms with Crippen molar-refractivity contribution >= 4 is 21.4 Å². The molecule has 1 aliphatic heterocycles. The molecule has 166 valence electrons. The number of aromatic nitrogens is 4. The zero-order valence-corrected chi connectivity index (χ0v) is 18.1. The second kappa shape index (κ2) is 8.46. The number of sulfonamides is 1. The highest BCUT2D eigenvalue weighted by Gasteiger charge is 2.23. The van der Waals surface area contributed by atoms with Gasteiger partial charge in [-0.25, -0.2) is 31.4 Å². The first kappa shape index (κ1) is 21.6. The number of halogens is 2. The fourth-order valence-electron chi connectivity index (χ4n) is 3.90. The van der Waals surface area contributed by atoms with Gasteiger partial charge >= 0.3 is 0 Å². The van der Waals surface area contributed by atoms with Gasteiger partial charge in [0.05, 0.1) is 29.5 Å². The monoisotopic (exact) mass is 450 g/mol. The summed E-state index contributed by atoms with van der Waals surface area (Å²) in [5.74, 6) is 0.192. The Bertz CT molecular complexity index is 1200. The lowest BCUT2D eigenvalue weighted by molar-refractivity contribution is 0.144. The molecule has 4 heterocycles. The topological polar surface area (TPSA) is 92.5 Å². The molecule has 0 aromatic carbocycles. The molecule has 0 radical (unpaired) electrons. The summed E-state index contributed by atoms with van der Waals surface area (Å²) in [7, 11) is -3.23. The quantitative estimate of drug-likeness (QED) is 0.621. The highest BCUT2D eigenvalue weighted by molar-refractivity contribution is 7.88. The first-order valence-corrected chi connectivity index (χ1v) is 11.9. The van der Waals surface area contributed by atoms with E-state index in [1.807, 2.05) is 13.0 Å². The number of pyridine rings is 1. The minimum atomic E-state index is -3.23. The van der Waals surface area contributed by atoms with Gasteiger partial charge in [0, 0.05) is 31.4 Å². The molecule has 1 atom stereocenters. The van der Waals surface area contributed by atoms with Crippen LogP contribution in [0.3, 0.4) is 0 Å². The smallest absolute Gasteiger partial charge is 0.282 e. The van der Waals surface area contributed by atoms with Crippen molar-refractivity contribution in [2.75, 3.05) is 30.8 Å². The van der Waals surface area contributed by atoms with Gasteiger partial charge in [0.15, 0.2) is 5.65 Å². The van der Waals surface area contributed by atoms with Crippen molar-refractivity contribution in [3.63, 3.8) is 0 Å². The molecule has 8 nitrogen and oxygen atoms in total. The summed E-state index contributed by atoms with van der Waals surface area (Å²) in [6, 6.07) is 4.76. The van der Waals surface area contributed by atoms with Crippen molar-refractivity contribution in [1.29, 1.82) is 0 Å². The fraction of sp³-hybridized carbons (Fsp3) is 0.450. The van der Waals surface area contributed by atoms with E-state index in [1.165, 1.54) is 16.6 Å². The summed E-state index contributed by atoms with van der Waals surface area (Å²) in [5, 5.41) is 4.03. The lowest BCUT2D eigenvalue weighted by Gasteiger charge is -2.35. The molecule has 3 aromatic rings. The number of imidazole rings is 1. The van der Waals surface area contributed by atoms with E-state index in [4.69, 9.17) is 0 Å². The Hall–Kier alpha value is -2.66. The number of nitrogens with zero attached hydrogens (tertiary/aromatic N) is 5. The number of nitrogens with one attached hydrogen (secondary N) is 1. The maximum absolute atomic E-state index is 13.1. The molecule has 0 spiro atoms. The van der Waals surface area contributed by atoms with E-state index in [1.54, 1.807) is 12.4 Å². The highest BCUT2D eigenvalue weighted by Crippen LogP contribution is 2.30. The number of aryl methyl sites for hydroxylation is 1. The average Bonchev–Trinajstić information content (AvgIpc) is 3.15. The van der Waals surface area contributed by atoms with Crippen LogP contribution in [0.25, 0.3) is 16.9 Å². The van der Waals surface area contributed by atoms with Crippen molar-refractivity contribution in [3.8, 4) is 11.3 Å². The van der Waals surface area contributed by atoms with Gasteiger partial charge in [-0.15, -0.1) is 0 Å². The Morgan fingerprint density at radius 1 is 1.26 bits per heavy atom. The summed E-state index contributed by atoms with van der Waals surface area (Å²) in [5.41, 5.74) is 3.25. The molecule has 4 rings (SSSR count). The molecule has 0 saturated carbocycles. The summed E-state index contributed by atoms with van der Waals surface area (Å²) in [6.07, 6.45) is 3.66. The number of piperidine rings is 1. The van der Waals surface area contributed by atoms with Crippen LogP contribution in [0.4, 0.5) is 14.5 Å². The zero-order chi connectivity index (χ0) is 22.2. The third-order valence-electron chi connectivity index (χ3n) is 5.46. The summed E-state index contributed by atoms with van der Waals surface area (Å²) in [6.45, 7) is 3.85. The van der Waals surface area contributed by atoms with Gasteiger partial charge in [0.1, 0.15) is 5.69 Å². The predicted molar refractivity (Wildman–Crippen MR) is 114 cm³/mol. The fourth-order valence-corrected chi connectivity index (χ4v) is 4.44. The molecular weight excluding hydrogens is 426 g/mol. The van der Waals surface area contributed by atoms with Gasteiger partial charge in [0.25, 0.3) is 6.43 Å². The van der Waals surface area contributed by atoms with Crippen LogP contribution in [0.1, 0.15) is 30.7 Å². The van der Waals surface area contributed by atoms with Crippen LogP contribution in [0.2, 0.25) is 0 Å². The number of anilines is 1. The summed E-state index contributed by atoms with van der Waals surface area (Å²) < 4.78 is 53.1. The number of hydrogen-bond acceptors (Lipinski definition) is 6. The molecule has 3 aromatic heterocycles. The van der Waals surface area contributed by atoms with E-state index in [-0.39, 0.29) is 11.6 Å². The maximum atomic E-state index is 13.1. The van der Waals surface area contributed by atoms with E-state index in [2.05, 4.69) is 24.7 Å². The van der Waals surface area contributed by atoms with Crippen LogP contribution in [0.15, 0.2) is 30.6 Å². The minimum Gasteiger partial charge on any atom is -0.370 e. The van der Waals surface area contributed by atoms with Gasteiger partial charge in [-0.05, 0) is 43.9 Å². The Balaban J connectivity index is 1.63. The molecular formula is C20H24F2N6O2S. The van der Waals surface area contributed by atoms with E-state index < -0.39 is 16.4 Å². The van der Waals surface area contributed by atoms with Crippen molar-refractivity contribution in [3.05, 3.63) is 42.0 Å². The number of fused-ring (bicyclic) bond motifs is 1. The molecule has 31 heavy (non-hydrogen) atoms. The standard InChI is InChI=1S/C20H24F2N6O2S/c1-13-17(27-7-3-4-14(12-27)9-25-31(2,29)30)8-15(10-23-13)18-11-24-19-6-5-16(20(21)22)26-28(18)19/h5-6,8,10-11,14,20,25H,3-4,7,9,12H2,1-2H3. The maximum Gasteiger partial charge on any atom is 0.282 e. The van der Waals surface area contributed by atoms with Crippen LogP contribution in [0, 0.1) is 12.8 Å². The zero-order valence-electron chi connectivity index (χ0n) is 17.3. The molecule has 1 unspecified atom stereocenters. The van der Waals surface area contributed by atoms with Crippen LogP contribution in [-0.4, -0.2) is 53.9 Å². The van der Waals surface area contributed by atoms with Crippen LogP contribution in [0.5, 0.6) is 0 Å². The van der Waals surface area contributed by atoms with Crippen molar-refractivity contribution in [1.82, 2.24) is 24.3 Å². The van der Waals surface area contributed by atoms with Crippen molar-refractivity contribution in [2.45, 2.75) is 26.2 Å². The molecule has 0 aliphatic carbocycles.